The van der Waals surface area contributed by atoms with Crippen LogP contribution in [0.15, 0.2) is 48.5 Å². The summed E-state index contributed by atoms with van der Waals surface area (Å²) in [6.45, 7) is 3.08. The molecule has 2 atom stereocenters. The number of unbranched alkanes of at least 4 members (excludes halogenated alkanes) is 1. The number of H-pyrrole nitrogens is 1. The van der Waals surface area contributed by atoms with Crippen LogP contribution in [0, 0.1) is 17.2 Å². The number of rotatable bonds is 7. The van der Waals surface area contributed by atoms with E-state index in [-0.39, 0.29) is 11.7 Å². The zero-order valence-electron chi connectivity index (χ0n) is 21.0. The topological polar surface area (TPSA) is 133 Å². The summed E-state index contributed by atoms with van der Waals surface area (Å²) < 4.78 is 2.11. The minimum atomic E-state index is -1.23. The van der Waals surface area contributed by atoms with Crippen molar-refractivity contribution in [1.82, 2.24) is 35.1 Å². The van der Waals surface area contributed by atoms with Crippen molar-refractivity contribution < 1.29 is 9.59 Å². The van der Waals surface area contributed by atoms with E-state index < -0.39 is 12.0 Å². The van der Waals surface area contributed by atoms with Gasteiger partial charge in [-0.05, 0) is 28.3 Å². The number of tetrazole rings is 1. The van der Waals surface area contributed by atoms with Crippen molar-refractivity contribution in [2.45, 2.75) is 45.2 Å². The Balaban J connectivity index is 1.36. The van der Waals surface area contributed by atoms with Crippen LogP contribution in [-0.4, -0.2) is 53.3 Å². The van der Waals surface area contributed by atoms with E-state index in [0.29, 0.717) is 25.3 Å². The average molecular weight is 507 g/mol. The molecule has 2 unspecified atom stereocenters. The number of amides is 1. The molecular weight excluding hydrogens is 480 g/mol. The predicted octanol–water partition coefficient (Wildman–Crippen LogP) is 3.27. The van der Waals surface area contributed by atoms with Crippen LogP contribution < -0.4 is 0 Å². The molecule has 38 heavy (non-hydrogen) atoms. The number of aryl methyl sites for hydroxylation is 1. The summed E-state index contributed by atoms with van der Waals surface area (Å²) in [5.74, 6) is -0.500. The normalized spacial score (nSPS) is 18.4. The van der Waals surface area contributed by atoms with Gasteiger partial charge in [0.25, 0.3) is 0 Å². The van der Waals surface area contributed by atoms with Gasteiger partial charge in [0.15, 0.2) is 11.7 Å². The van der Waals surface area contributed by atoms with Crippen LogP contribution in [0.5, 0.6) is 0 Å². The zero-order chi connectivity index (χ0) is 26.2. The molecular formula is C28H26N8O2. The fraction of sp³-hybridized carbons (Fsp3) is 0.321. The first-order valence-corrected chi connectivity index (χ1v) is 12.8. The van der Waals surface area contributed by atoms with Crippen LogP contribution in [0.1, 0.15) is 48.6 Å². The molecule has 2 aromatic heterocycles. The first kappa shape index (κ1) is 23.7. The minimum absolute atomic E-state index is 0.338. The summed E-state index contributed by atoms with van der Waals surface area (Å²) in [6.07, 6.45) is 3.37. The third-order valence-electron chi connectivity index (χ3n) is 7.41. The number of nitriles is 1. The van der Waals surface area contributed by atoms with E-state index in [1.807, 2.05) is 30.3 Å². The molecule has 10 heteroatoms. The van der Waals surface area contributed by atoms with E-state index >= 15 is 0 Å². The molecule has 0 radical (unpaired) electrons. The second kappa shape index (κ2) is 9.67. The molecule has 2 aliphatic heterocycles. The van der Waals surface area contributed by atoms with Gasteiger partial charge >= 0.3 is 0 Å². The fourth-order valence-electron chi connectivity index (χ4n) is 5.53. The number of carbonyl (C=O) groups excluding carboxylic acids is 2. The van der Waals surface area contributed by atoms with Crippen LogP contribution in [0.2, 0.25) is 0 Å². The van der Waals surface area contributed by atoms with Gasteiger partial charge in [0.05, 0.1) is 17.5 Å². The molecule has 0 bridgehead atoms. The largest absolute Gasteiger partial charge is 0.325 e. The summed E-state index contributed by atoms with van der Waals surface area (Å²) in [5.41, 5.74) is 5.59. The summed E-state index contributed by atoms with van der Waals surface area (Å²) in [7, 11) is 0. The summed E-state index contributed by atoms with van der Waals surface area (Å²) in [4.78, 5) is 32.4. The van der Waals surface area contributed by atoms with Gasteiger partial charge in [0.2, 0.25) is 11.7 Å². The predicted molar refractivity (Wildman–Crippen MR) is 137 cm³/mol. The highest BCUT2D eigenvalue weighted by atomic mass is 16.2. The van der Waals surface area contributed by atoms with Gasteiger partial charge < -0.3 is 9.47 Å². The van der Waals surface area contributed by atoms with Gasteiger partial charge in [-0.1, -0.05) is 61.9 Å². The van der Waals surface area contributed by atoms with Crippen LogP contribution in [0.25, 0.3) is 22.5 Å². The smallest absolute Gasteiger partial charge is 0.248 e. The Labute approximate surface area is 219 Å². The van der Waals surface area contributed by atoms with Crippen LogP contribution in [-0.2, 0) is 29.0 Å². The number of benzene rings is 2. The molecule has 1 amide bonds. The van der Waals surface area contributed by atoms with Gasteiger partial charge in [0, 0.05) is 31.5 Å². The molecule has 0 aliphatic carbocycles. The number of hydrogen-bond acceptors (Lipinski definition) is 7. The minimum Gasteiger partial charge on any atom is -0.325 e. The lowest BCUT2D eigenvalue weighted by molar-refractivity contribution is -0.131. The molecule has 1 saturated heterocycles. The Kier molecular flexibility index (Phi) is 6.04. The van der Waals surface area contributed by atoms with E-state index in [0.717, 1.165) is 58.7 Å². The van der Waals surface area contributed by atoms with Crippen molar-refractivity contribution in [1.29, 1.82) is 5.26 Å². The quantitative estimate of drug-likeness (QED) is 0.380. The Morgan fingerprint density at radius 3 is 2.61 bits per heavy atom. The number of ketones is 1. The van der Waals surface area contributed by atoms with Crippen LogP contribution in [0.4, 0.5) is 0 Å². The molecule has 1 fully saturated rings. The van der Waals surface area contributed by atoms with E-state index in [2.05, 4.69) is 56.4 Å². The number of nitrogens with one attached hydrogen (secondary N) is 1. The van der Waals surface area contributed by atoms with E-state index in [1.54, 1.807) is 4.90 Å². The van der Waals surface area contributed by atoms with Crippen LogP contribution >= 0.6 is 0 Å². The Bertz CT molecular complexity index is 1550. The van der Waals surface area contributed by atoms with E-state index in [9.17, 15) is 14.9 Å². The number of carbonyl (C=O) groups is 2. The van der Waals surface area contributed by atoms with Crippen molar-refractivity contribution in [3.8, 4) is 28.6 Å². The molecule has 10 nitrogen and oxygen atoms in total. The third kappa shape index (κ3) is 3.87. The lowest BCUT2D eigenvalue weighted by atomic mass is 9.97. The van der Waals surface area contributed by atoms with Crippen molar-refractivity contribution in [3.05, 3.63) is 71.3 Å². The highest BCUT2D eigenvalue weighted by molar-refractivity contribution is 6.13. The maximum atomic E-state index is 13.2. The molecule has 0 saturated carbocycles. The number of fused-ring (bicyclic) bond motifs is 3. The molecule has 4 heterocycles. The third-order valence-corrected chi connectivity index (χ3v) is 7.41. The molecule has 6 rings (SSSR count). The molecule has 0 spiro atoms. The first-order valence-electron chi connectivity index (χ1n) is 12.8. The highest BCUT2D eigenvalue weighted by Crippen LogP contribution is 2.39. The van der Waals surface area contributed by atoms with Crippen molar-refractivity contribution >= 4 is 11.7 Å². The number of imidazole rings is 1. The lowest BCUT2D eigenvalue weighted by Crippen LogP contribution is -2.37. The van der Waals surface area contributed by atoms with Gasteiger partial charge in [-0.25, -0.2) is 4.98 Å². The molecule has 4 aromatic rings. The number of hydrogen-bond donors (Lipinski definition) is 1. The molecule has 2 aliphatic rings. The van der Waals surface area contributed by atoms with Gasteiger partial charge in [-0.15, -0.1) is 10.2 Å². The van der Waals surface area contributed by atoms with Crippen molar-refractivity contribution in [2.75, 3.05) is 6.54 Å². The molecule has 2 aromatic carbocycles. The average Bonchev–Trinajstić information content (AvgIpc) is 3.66. The maximum Gasteiger partial charge on any atom is 0.248 e. The zero-order valence-corrected chi connectivity index (χ0v) is 21.0. The molecule has 1 N–H and O–H groups in total. The molecule has 190 valence electrons. The summed E-state index contributed by atoms with van der Waals surface area (Å²) >= 11 is 0. The van der Waals surface area contributed by atoms with Crippen molar-refractivity contribution in [3.63, 3.8) is 0 Å². The Morgan fingerprint density at radius 2 is 1.89 bits per heavy atom. The maximum absolute atomic E-state index is 13.2. The van der Waals surface area contributed by atoms with E-state index in [4.69, 9.17) is 4.98 Å². The number of aromatic amines is 1. The standard InChI is InChI=1S/C28H26N8O2/c1-2-3-8-23-30-22-13-14-35-25(26(37)21(15-29)28(35)38)24(22)36(23)16-17-9-11-18(12-10-17)19-6-4-5-7-20(19)27-31-33-34-32-27/h4-7,9-12,21,25H,2-3,8,13-14,16H2,1H3,(H,31,32,33,34). The Hall–Kier alpha value is -4.65. The summed E-state index contributed by atoms with van der Waals surface area (Å²) in [5, 5.41) is 23.9. The van der Waals surface area contributed by atoms with Gasteiger partial charge in [-0.2, -0.15) is 10.5 Å². The van der Waals surface area contributed by atoms with E-state index in [1.165, 1.54) is 0 Å². The van der Waals surface area contributed by atoms with Gasteiger partial charge in [0.1, 0.15) is 11.9 Å². The highest BCUT2D eigenvalue weighted by Gasteiger charge is 2.52. The van der Waals surface area contributed by atoms with Crippen LogP contribution in [0.3, 0.4) is 0 Å². The fourth-order valence-corrected chi connectivity index (χ4v) is 5.53. The lowest BCUT2D eigenvalue weighted by Gasteiger charge is -2.29. The monoisotopic (exact) mass is 506 g/mol. The SMILES string of the molecule is CCCCc1nc2c(n1Cc1ccc(-c3ccccc3-c3nn[nH]n3)cc1)C1C(=O)C(C#N)C(=O)N1CC2. The van der Waals surface area contributed by atoms with Crippen molar-refractivity contribution in [2.24, 2.45) is 5.92 Å². The first-order chi connectivity index (χ1) is 18.6. The number of aromatic nitrogens is 6. The Morgan fingerprint density at radius 1 is 1.11 bits per heavy atom. The van der Waals surface area contributed by atoms with Gasteiger partial charge in [-0.3, -0.25) is 9.59 Å². The second-order valence-corrected chi connectivity index (χ2v) is 9.68. The number of nitrogens with zero attached hydrogens (tertiary/aromatic N) is 7. The number of Topliss-reactive ketones (excluding diaryl/α,β-unsaturated/α-hetero) is 1. The second-order valence-electron chi connectivity index (χ2n) is 9.68. The summed E-state index contributed by atoms with van der Waals surface area (Å²) in [6, 6.07) is 17.3.